The third kappa shape index (κ3) is 5.72. The van der Waals surface area contributed by atoms with E-state index in [-0.39, 0.29) is 11.6 Å². The van der Waals surface area contributed by atoms with Crippen LogP contribution in [-0.4, -0.2) is 46.7 Å². The first kappa shape index (κ1) is 25.6. The number of rotatable bonds is 9. The molecule has 3 atom stereocenters. The summed E-state index contributed by atoms with van der Waals surface area (Å²) >= 11 is 0. The molecule has 2 unspecified atom stereocenters. The molecule has 3 rings (SSSR count). The fourth-order valence-corrected chi connectivity index (χ4v) is 4.33. The third-order valence-electron chi connectivity index (χ3n) is 5.86. The zero-order valence-electron chi connectivity index (χ0n) is 19.7. The Morgan fingerprint density at radius 2 is 1.63 bits per heavy atom. The molecular weight excluding hydrogens is 448 g/mol. The van der Waals surface area contributed by atoms with Gasteiger partial charge in [-0.15, -0.1) is 0 Å². The van der Waals surface area contributed by atoms with Crippen molar-refractivity contribution in [1.82, 2.24) is 15.6 Å². The fourth-order valence-electron chi connectivity index (χ4n) is 4.33. The summed E-state index contributed by atoms with van der Waals surface area (Å²) < 4.78 is 0. The Kier molecular flexibility index (Phi) is 8.32. The van der Waals surface area contributed by atoms with Crippen LogP contribution in [0.5, 0.6) is 0 Å². The minimum Gasteiger partial charge on any atom is -0.343 e. The van der Waals surface area contributed by atoms with Gasteiger partial charge in [0.05, 0.1) is 17.7 Å². The lowest BCUT2D eigenvalue weighted by Gasteiger charge is -2.28. The van der Waals surface area contributed by atoms with E-state index in [0.29, 0.717) is 17.5 Å². The van der Waals surface area contributed by atoms with Crippen molar-refractivity contribution in [2.45, 2.75) is 32.4 Å². The van der Waals surface area contributed by atoms with Crippen molar-refractivity contribution >= 4 is 29.2 Å². The highest BCUT2D eigenvalue weighted by Gasteiger charge is 2.51. The molecule has 3 amide bonds. The van der Waals surface area contributed by atoms with Crippen molar-refractivity contribution in [3.63, 3.8) is 0 Å². The molecular formula is C25H30N6O4. The van der Waals surface area contributed by atoms with E-state index in [4.69, 9.17) is 11.7 Å². The van der Waals surface area contributed by atoms with E-state index in [1.54, 1.807) is 48.5 Å². The average molecular weight is 479 g/mol. The maximum absolute atomic E-state index is 13.2. The number of hydrogen-bond acceptors (Lipinski definition) is 7. The SMILES string of the molecule is CC(C)C[C@H](NC(=O)CN1C(=O)C(=O)C(/C(=N/N)c2ccccc2)C1c1ccccc1)C(=O)NN. The third-order valence-corrected chi connectivity index (χ3v) is 5.86. The van der Waals surface area contributed by atoms with E-state index in [0.717, 1.165) is 0 Å². The summed E-state index contributed by atoms with van der Waals surface area (Å²) in [6.07, 6.45) is 0.352. The van der Waals surface area contributed by atoms with Crippen LogP contribution < -0.4 is 22.4 Å². The summed E-state index contributed by atoms with van der Waals surface area (Å²) in [5, 5.41) is 6.51. The monoisotopic (exact) mass is 478 g/mol. The quantitative estimate of drug-likeness (QED) is 0.136. The number of carbonyl (C=O) groups excluding carboxylic acids is 4. The first-order valence-corrected chi connectivity index (χ1v) is 11.3. The maximum Gasteiger partial charge on any atom is 0.291 e. The zero-order valence-corrected chi connectivity index (χ0v) is 19.7. The van der Waals surface area contributed by atoms with E-state index in [9.17, 15) is 19.2 Å². The molecule has 1 heterocycles. The molecule has 0 saturated carbocycles. The van der Waals surface area contributed by atoms with E-state index < -0.39 is 48.1 Å². The van der Waals surface area contributed by atoms with Crippen LogP contribution in [0.2, 0.25) is 0 Å². The average Bonchev–Trinajstić information content (AvgIpc) is 3.09. The van der Waals surface area contributed by atoms with E-state index in [1.165, 1.54) is 4.90 Å². The van der Waals surface area contributed by atoms with Crippen LogP contribution in [0.25, 0.3) is 0 Å². The van der Waals surface area contributed by atoms with Gasteiger partial charge in [0.15, 0.2) is 0 Å². The zero-order chi connectivity index (χ0) is 25.5. The van der Waals surface area contributed by atoms with Gasteiger partial charge in [0.25, 0.3) is 11.8 Å². The lowest BCUT2D eigenvalue weighted by atomic mass is 9.85. The highest BCUT2D eigenvalue weighted by atomic mass is 16.2. The number of nitrogens with two attached hydrogens (primary N) is 2. The Hall–Kier alpha value is -4.05. The number of benzene rings is 2. The lowest BCUT2D eigenvalue weighted by molar-refractivity contribution is -0.142. The van der Waals surface area contributed by atoms with Gasteiger partial charge in [-0.3, -0.25) is 24.6 Å². The van der Waals surface area contributed by atoms with Gasteiger partial charge >= 0.3 is 0 Å². The Balaban J connectivity index is 1.96. The fraction of sp³-hybridized carbons (Fsp3) is 0.320. The molecule has 10 nitrogen and oxygen atoms in total. The number of ketones is 1. The normalized spacial score (nSPS) is 19.1. The summed E-state index contributed by atoms with van der Waals surface area (Å²) in [7, 11) is 0. The molecule has 184 valence electrons. The predicted molar refractivity (Wildman–Crippen MR) is 130 cm³/mol. The number of hydrazine groups is 1. The van der Waals surface area contributed by atoms with Gasteiger partial charge < -0.3 is 16.1 Å². The second-order valence-electron chi connectivity index (χ2n) is 8.77. The van der Waals surface area contributed by atoms with Crippen LogP contribution >= 0.6 is 0 Å². The van der Waals surface area contributed by atoms with Gasteiger partial charge in [0.1, 0.15) is 12.6 Å². The molecule has 2 aromatic rings. The van der Waals surface area contributed by atoms with Gasteiger partial charge in [-0.2, -0.15) is 5.10 Å². The number of nitrogens with zero attached hydrogens (tertiary/aromatic N) is 2. The van der Waals surface area contributed by atoms with Crippen molar-refractivity contribution in [3.05, 3.63) is 71.8 Å². The summed E-state index contributed by atoms with van der Waals surface area (Å²) in [6, 6.07) is 16.1. The van der Waals surface area contributed by atoms with E-state index in [2.05, 4.69) is 10.4 Å². The summed E-state index contributed by atoms with van der Waals surface area (Å²) in [4.78, 5) is 52.7. The molecule has 0 aliphatic carbocycles. The number of carbonyl (C=O) groups is 4. The lowest BCUT2D eigenvalue weighted by Crippen LogP contribution is -2.52. The molecule has 0 bridgehead atoms. The molecule has 1 aliphatic rings. The van der Waals surface area contributed by atoms with Crippen molar-refractivity contribution in [2.75, 3.05) is 6.54 Å². The minimum absolute atomic E-state index is 0.100. The Labute approximate surface area is 203 Å². The highest BCUT2D eigenvalue weighted by Crippen LogP contribution is 2.38. The van der Waals surface area contributed by atoms with E-state index in [1.807, 2.05) is 31.4 Å². The molecule has 0 spiro atoms. The second kappa shape index (κ2) is 11.4. The molecule has 0 aromatic heterocycles. The number of hydrazone groups is 1. The van der Waals surface area contributed by atoms with Gasteiger partial charge in [-0.1, -0.05) is 74.5 Å². The largest absolute Gasteiger partial charge is 0.343 e. The van der Waals surface area contributed by atoms with Crippen LogP contribution in [0, 0.1) is 11.8 Å². The predicted octanol–water partition coefficient (Wildman–Crippen LogP) is 0.639. The number of amides is 3. The van der Waals surface area contributed by atoms with Crippen LogP contribution in [-0.2, 0) is 19.2 Å². The Morgan fingerprint density at radius 3 is 2.17 bits per heavy atom. The number of hydrogen-bond donors (Lipinski definition) is 4. The molecule has 1 fully saturated rings. The Morgan fingerprint density at radius 1 is 1.03 bits per heavy atom. The maximum atomic E-state index is 13.2. The number of likely N-dealkylation sites (tertiary alicyclic amines) is 1. The molecule has 2 aromatic carbocycles. The van der Waals surface area contributed by atoms with Gasteiger partial charge in [-0.05, 0) is 23.5 Å². The molecule has 1 saturated heterocycles. The molecule has 6 N–H and O–H groups in total. The minimum atomic E-state index is -1.01. The van der Waals surface area contributed by atoms with E-state index >= 15 is 0 Å². The molecule has 0 radical (unpaired) electrons. The molecule has 35 heavy (non-hydrogen) atoms. The smallest absolute Gasteiger partial charge is 0.291 e. The van der Waals surface area contributed by atoms with Crippen LogP contribution in [0.3, 0.4) is 0 Å². The van der Waals surface area contributed by atoms with Gasteiger partial charge in [-0.25, -0.2) is 5.84 Å². The second-order valence-corrected chi connectivity index (χ2v) is 8.77. The molecule has 10 heteroatoms. The van der Waals surface area contributed by atoms with Crippen molar-refractivity contribution < 1.29 is 19.2 Å². The Bertz CT molecular complexity index is 1100. The van der Waals surface area contributed by atoms with Crippen molar-refractivity contribution in [3.8, 4) is 0 Å². The van der Waals surface area contributed by atoms with Crippen LogP contribution in [0.15, 0.2) is 65.8 Å². The first-order valence-electron chi connectivity index (χ1n) is 11.3. The first-order chi connectivity index (χ1) is 16.8. The standard InChI is InChI=1S/C25H30N6O4/c1-15(2)13-18(24(34)30-27)28-19(32)14-31-22(17-11-7-4-8-12-17)20(23(33)25(31)35)21(29-26)16-9-5-3-6-10-16/h3-12,15,18,20,22H,13-14,26-27H2,1-2H3,(H,28,32)(H,30,34)/b29-21+/t18-,20?,22?/m0/s1. The van der Waals surface area contributed by atoms with Crippen molar-refractivity contribution in [2.24, 2.45) is 28.6 Å². The summed E-state index contributed by atoms with van der Waals surface area (Å²) in [5.74, 6) is 7.40. The van der Waals surface area contributed by atoms with Gasteiger partial charge in [0.2, 0.25) is 11.7 Å². The highest BCUT2D eigenvalue weighted by molar-refractivity contribution is 6.44. The van der Waals surface area contributed by atoms with Gasteiger partial charge in [0, 0.05) is 0 Å². The number of nitrogens with one attached hydrogen (secondary N) is 2. The topological polar surface area (TPSA) is 160 Å². The van der Waals surface area contributed by atoms with Crippen LogP contribution in [0.1, 0.15) is 37.4 Å². The summed E-state index contributed by atoms with van der Waals surface area (Å²) in [6.45, 7) is 3.37. The molecule has 1 aliphatic heterocycles. The number of Topliss-reactive ketones (excluding diaryl/α,β-unsaturated/α-hetero) is 1. The van der Waals surface area contributed by atoms with Crippen molar-refractivity contribution in [1.29, 1.82) is 0 Å². The summed E-state index contributed by atoms with van der Waals surface area (Å²) in [5.41, 5.74) is 3.56. The van der Waals surface area contributed by atoms with Crippen LogP contribution in [0.4, 0.5) is 0 Å².